The topological polar surface area (TPSA) is 41.1 Å². The molecule has 708 valence electrons. The van der Waals surface area contributed by atoms with Crippen LogP contribution in [0.1, 0.15) is 61.2 Å². The molecule has 0 heterocycles. The summed E-state index contributed by atoms with van der Waals surface area (Å²) in [6.07, 6.45) is 0. The lowest BCUT2D eigenvalue weighted by atomic mass is 9.91. The zero-order chi connectivity index (χ0) is 101. The van der Waals surface area contributed by atoms with Crippen LogP contribution in [0.2, 0.25) is 0 Å². The molecule has 24 aromatic carbocycles. The third kappa shape index (κ3) is 17.9. The minimum Gasteiger partial charge on any atom is -0.311 e. The van der Waals surface area contributed by atoms with Crippen molar-refractivity contribution >= 4 is 139 Å². The molecule has 0 saturated carbocycles. The molecule has 0 atom stereocenters. The van der Waals surface area contributed by atoms with Crippen LogP contribution in [-0.2, 0) is 0 Å². The maximum absolute atomic E-state index is 17.0. The molecule has 0 aliphatic rings. The molecule has 0 radical (unpaired) electrons. The average molecular weight is 1910 g/mol. The SMILES string of the molecule is Cc1cccc(-c2cc(-c3cccc(C)c3)cc(N(c3c(C)cccc3F)c3ccc4ccc5c(N(c6cc(-c7cccc(C)c7)cc(-c7cccc(C)c7)c6)c6c(C)cccc6F)ccc6ccc3c4c65)c2)c1.[C-]#[N+]c1cccc(N(c2cc(-c3cccc(C)c3)cc(-c3cccc(C)c3)c2)c2ccc3ccc4c(N(c5cccc(C#N)c5)c5cc(-c6cccc(C)c6)cc(-c6cccc(C)c6)c5)ccc5ccc2c3c54)c1. The van der Waals surface area contributed by atoms with Gasteiger partial charge in [0.2, 0.25) is 0 Å². The van der Waals surface area contributed by atoms with Crippen molar-refractivity contribution < 1.29 is 8.78 Å². The first-order chi connectivity index (χ1) is 72.1. The molecular formula is C140H104F2N6. The molecule has 0 aliphatic carbocycles. The zero-order valence-electron chi connectivity index (χ0n) is 84.2. The first-order valence-electron chi connectivity index (χ1n) is 50.4. The van der Waals surface area contributed by atoms with Crippen molar-refractivity contribution in [1.82, 2.24) is 0 Å². The summed E-state index contributed by atoms with van der Waals surface area (Å²) < 4.78 is 34.0. The Morgan fingerprint density at radius 1 is 0.209 bits per heavy atom. The third-order valence-corrected chi connectivity index (χ3v) is 29.0. The van der Waals surface area contributed by atoms with Crippen LogP contribution in [0, 0.1) is 98.8 Å². The third-order valence-electron chi connectivity index (χ3n) is 29.0. The molecule has 24 rings (SSSR count). The summed E-state index contributed by atoms with van der Waals surface area (Å²) in [6, 6.07) is 160. The molecule has 8 heteroatoms. The van der Waals surface area contributed by atoms with Crippen molar-refractivity contribution in [3.05, 3.63) is 533 Å². The lowest BCUT2D eigenvalue weighted by Crippen LogP contribution is -2.15. The molecule has 0 aromatic heterocycles. The lowest BCUT2D eigenvalue weighted by Gasteiger charge is -2.31. The van der Waals surface area contributed by atoms with E-state index in [1.165, 1.54) is 22.3 Å². The van der Waals surface area contributed by atoms with Crippen molar-refractivity contribution in [1.29, 1.82) is 5.26 Å². The van der Waals surface area contributed by atoms with Gasteiger partial charge in [0.25, 0.3) is 0 Å². The molecule has 0 unspecified atom stereocenters. The van der Waals surface area contributed by atoms with Gasteiger partial charge in [-0.2, -0.15) is 5.26 Å². The average Bonchev–Trinajstić information content (AvgIpc) is 0.717. The minimum absolute atomic E-state index is 0.315. The highest BCUT2D eigenvalue weighted by Gasteiger charge is 2.31. The molecule has 0 N–H and O–H groups in total. The van der Waals surface area contributed by atoms with Crippen molar-refractivity contribution in [2.75, 3.05) is 19.6 Å². The lowest BCUT2D eigenvalue weighted by molar-refractivity contribution is 0.627. The summed E-state index contributed by atoms with van der Waals surface area (Å²) >= 11 is 0. The van der Waals surface area contributed by atoms with E-state index in [-0.39, 0.29) is 11.6 Å². The van der Waals surface area contributed by atoms with E-state index >= 15 is 8.78 Å². The Morgan fingerprint density at radius 3 is 0.689 bits per heavy atom. The maximum Gasteiger partial charge on any atom is 0.189 e. The number of para-hydroxylation sites is 2. The molecule has 0 bridgehead atoms. The van der Waals surface area contributed by atoms with Crippen LogP contribution in [0.4, 0.5) is 82.7 Å². The molecule has 6 nitrogen and oxygen atoms in total. The summed E-state index contributed by atoms with van der Waals surface area (Å²) in [6.45, 7) is 29.1. The van der Waals surface area contributed by atoms with Crippen molar-refractivity contribution in [2.45, 2.75) is 69.2 Å². The van der Waals surface area contributed by atoms with E-state index in [9.17, 15) is 5.26 Å². The van der Waals surface area contributed by atoms with Crippen LogP contribution in [0.25, 0.3) is 158 Å². The minimum atomic E-state index is -0.315. The van der Waals surface area contributed by atoms with Gasteiger partial charge in [0.1, 0.15) is 11.6 Å². The van der Waals surface area contributed by atoms with Gasteiger partial charge in [0, 0.05) is 55.7 Å². The van der Waals surface area contributed by atoms with Crippen LogP contribution >= 0.6 is 0 Å². The number of hydrogen-bond donors (Lipinski definition) is 0. The molecule has 0 saturated heterocycles. The number of benzene rings is 24. The Kier molecular flexibility index (Phi) is 24.5. The van der Waals surface area contributed by atoms with E-state index in [1.54, 1.807) is 24.3 Å². The summed E-state index contributed by atoms with van der Waals surface area (Å²) in [5.41, 5.74) is 39.7. The van der Waals surface area contributed by atoms with Gasteiger partial charge < -0.3 is 19.6 Å². The maximum atomic E-state index is 17.0. The fourth-order valence-corrected chi connectivity index (χ4v) is 22.1. The van der Waals surface area contributed by atoms with E-state index in [1.807, 2.05) is 62.4 Å². The summed E-state index contributed by atoms with van der Waals surface area (Å²) in [4.78, 5) is 12.8. The van der Waals surface area contributed by atoms with E-state index < -0.39 is 0 Å². The van der Waals surface area contributed by atoms with Gasteiger partial charge in [-0.3, -0.25) is 0 Å². The monoisotopic (exact) mass is 1910 g/mol. The van der Waals surface area contributed by atoms with Gasteiger partial charge in [0.15, 0.2) is 5.69 Å². The predicted octanol–water partition coefficient (Wildman–Crippen LogP) is 40.2. The van der Waals surface area contributed by atoms with E-state index in [0.717, 1.165) is 244 Å². The number of rotatable bonds is 20. The number of anilines is 12. The van der Waals surface area contributed by atoms with Gasteiger partial charge in [0.05, 0.1) is 52.3 Å². The zero-order valence-corrected chi connectivity index (χ0v) is 84.2. The standard InChI is InChI=1S/C70H54F2N2.C70H50N4/c1-43-13-7-19-51(33-43)55-37-56(52-20-8-14-44(2)34-52)40-59(39-55)73(69-47(5)17-11-23-63(69)71)65-31-27-49-26-30-62-66(32-28-50-25-29-61(65)67(49)68(50)62)74(70-48(6)18-12-24-64(70)72)60-41-57(53-21-9-15-45(3)35-53)38-58(42-60)54-22-10-16-46(4)36-54;1-45-12-6-17-52(32-45)56-37-57(53-18-7-13-46(2)33-53)40-63(39-56)73(61-22-10-16-49(36-61)44-71)67-30-26-50-25-29-66-68(31-27-51-24-28-65(67)69(50)70(51)66)74(62-23-11-21-60(43-62)72-5)64-41-58(54-19-8-14-47(3)34-54)38-59(42-64)55-20-9-15-48(4)35-55/h7-42H,1-6H3;6-43H,1-4H3. The molecule has 148 heavy (non-hydrogen) atoms. The normalized spacial score (nSPS) is 11.4. The van der Waals surface area contributed by atoms with E-state index in [4.69, 9.17) is 6.57 Å². The van der Waals surface area contributed by atoms with Crippen LogP contribution in [0.15, 0.2) is 449 Å². The molecule has 0 spiro atoms. The van der Waals surface area contributed by atoms with Crippen molar-refractivity contribution in [3.63, 3.8) is 0 Å². The first-order valence-corrected chi connectivity index (χ1v) is 50.4. The van der Waals surface area contributed by atoms with Crippen LogP contribution in [0.3, 0.4) is 0 Å². The van der Waals surface area contributed by atoms with Crippen LogP contribution in [-0.4, -0.2) is 0 Å². The number of nitriles is 1. The fourth-order valence-electron chi connectivity index (χ4n) is 22.1. The van der Waals surface area contributed by atoms with Gasteiger partial charge in [-0.05, 0) is 352 Å². The van der Waals surface area contributed by atoms with Crippen LogP contribution in [0.5, 0.6) is 0 Å². The largest absolute Gasteiger partial charge is 0.311 e. The second-order valence-corrected chi connectivity index (χ2v) is 39.7. The van der Waals surface area contributed by atoms with E-state index in [2.05, 4.69) is 462 Å². The molecule has 0 amide bonds. The van der Waals surface area contributed by atoms with Gasteiger partial charge in [-0.25, -0.2) is 13.6 Å². The number of halogens is 2. The number of hydrogen-bond acceptors (Lipinski definition) is 5. The summed E-state index contributed by atoms with van der Waals surface area (Å²) in [5, 5.41) is 23.2. The molecule has 0 aliphatic heterocycles. The Labute approximate surface area is 863 Å². The Morgan fingerprint density at radius 2 is 0.439 bits per heavy atom. The Bertz CT molecular complexity index is 8640. The second-order valence-electron chi connectivity index (χ2n) is 39.7. The van der Waals surface area contributed by atoms with Crippen LogP contribution < -0.4 is 19.6 Å². The highest BCUT2D eigenvalue weighted by molar-refractivity contribution is 6.30. The summed E-state index contributed by atoms with van der Waals surface area (Å²) in [5.74, 6) is -0.630. The molecule has 24 aromatic rings. The highest BCUT2D eigenvalue weighted by atomic mass is 19.1. The van der Waals surface area contributed by atoms with E-state index in [0.29, 0.717) is 22.6 Å². The van der Waals surface area contributed by atoms with Crippen molar-refractivity contribution in [3.8, 4) is 95.1 Å². The Hall–Kier alpha value is -18.6. The van der Waals surface area contributed by atoms with Gasteiger partial charge in [-0.1, -0.05) is 354 Å². The van der Waals surface area contributed by atoms with Gasteiger partial charge in [-0.15, -0.1) is 0 Å². The number of aryl methyl sites for hydroxylation is 10. The van der Waals surface area contributed by atoms with Gasteiger partial charge >= 0.3 is 0 Å². The molecular weight excluding hydrogens is 1800 g/mol. The molecule has 0 fully saturated rings. The Balaban J connectivity index is 0.000000163. The smallest absolute Gasteiger partial charge is 0.189 e. The predicted molar refractivity (Wildman–Crippen MR) is 621 cm³/mol. The highest BCUT2D eigenvalue weighted by Crippen LogP contribution is 2.55. The first kappa shape index (κ1) is 93.1. The second kappa shape index (κ2) is 38.9. The quantitative estimate of drug-likeness (QED) is 0.0562. The fraction of sp³-hybridized carbons (Fsp3) is 0.0714. The van der Waals surface area contributed by atoms with Crippen molar-refractivity contribution in [2.24, 2.45) is 0 Å². The number of nitrogens with zero attached hydrogens (tertiary/aromatic N) is 6. The summed E-state index contributed by atoms with van der Waals surface area (Å²) in [7, 11) is 0.